The molecule has 0 heterocycles. The molecule has 0 spiro atoms. The molecule has 0 saturated carbocycles. The van der Waals surface area contributed by atoms with Crippen molar-refractivity contribution < 1.29 is 28.3 Å². The number of benzene rings is 2. The second-order valence-corrected chi connectivity index (χ2v) is 5.79. The van der Waals surface area contributed by atoms with E-state index in [9.17, 15) is 4.57 Å². The summed E-state index contributed by atoms with van der Waals surface area (Å²) in [5.74, 6) is 1.49. The summed E-state index contributed by atoms with van der Waals surface area (Å²) in [5.41, 5.74) is 1.75. The second kappa shape index (κ2) is 7.33. The van der Waals surface area contributed by atoms with Gasteiger partial charge < -0.3 is 14.0 Å². The van der Waals surface area contributed by atoms with E-state index in [1.54, 1.807) is 32.4 Å². The fraction of sp³-hybridized carbons (Fsp3) is 0.125. The Morgan fingerprint density at radius 2 is 1.35 bits per heavy atom. The molecule has 0 bridgehead atoms. The van der Waals surface area contributed by atoms with Crippen molar-refractivity contribution in [3.05, 3.63) is 53.6 Å². The highest BCUT2D eigenvalue weighted by Gasteiger charge is 2.15. The molecule has 0 saturated heterocycles. The van der Waals surface area contributed by atoms with Crippen LogP contribution in [0.3, 0.4) is 0 Å². The van der Waals surface area contributed by atoms with E-state index in [0.717, 1.165) is 11.1 Å². The molecule has 6 nitrogen and oxygen atoms in total. The molecule has 0 aliphatic heterocycles. The van der Waals surface area contributed by atoms with Crippen molar-refractivity contribution >= 4 is 20.0 Å². The Bertz CT molecular complexity index is 710. The zero-order valence-corrected chi connectivity index (χ0v) is 13.6. The van der Waals surface area contributed by atoms with Gasteiger partial charge in [-0.15, -0.1) is 0 Å². The van der Waals surface area contributed by atoms with Gasteiger partial charge in [0.15, 0.2) is 0 Å². The molecule has 2 aromatic rings. The summed E-state index contributed by atoms with van der Waals surface area (Å²) < 4.78 is 25.7. The molecular weight excluding hydrogens is 319 g/mol. The SMILES string of the molecule is COc1cc(/C=C\c2ccc(OP(=O)(O)O)cc2)cc(OC)c1. The van der Waals surface area contributed by atoms with Crippen LogP contribution in [0.4, 0.5) is 0 Å². The number of phosphoric ester groups is 1. The third-order valence-corrected chi connectivity index (χ3v) is 3.40. The maximum absolute atomic E-state index is 10.8. The average molecular weight is 336 g/mol. The Morgan fingerprint density at radius 1 is 0.826 bits per heavy atom. The molecule has 7 heteroatoms. The first kappa shape index (κ1) is 17.1. The molecule has 0 unspecified atom stereocenters. The molecule has 0 radical (unpaired) electrons. The van der Waals surface area contributed by atoms with Gasteiger partial charge in [0.2, 0.25) is 0 Å². The number of rotatable bonds is 6. The van der Waals surface area contributed by atoms with E-state index < -0.39 is 7.82 Å². The lowest BCUT2D eigenvalue weighted by molar-refractivity contribution is 0.283. The van der Waals surface area contributed by atoms with Crippen LogP contribution in [-0.4, -0.2) is 24.0 Å². The van der Waals surface area contributed by atoms with Crippen LogP contribution in [0.25, 0.3) is 12.2 Å². The maximum Gasteiger partial charge on any atom is 0.524 e. The zero-order valence-electron chi connectivity index (χ0n) is 12.7. The average Bonchev–Trinajstić information content (AvgIpc) is 2.52. The van der Waals surface area contributed by atoms with Gasteiger partial charge in [-0.1, -0.05) is 24.3 Å². The maximum atomic E-state index is 10.8. The molecule has 23 heavy (non-hydrogen) atoms. The minimum Gasteiger partial charge on any atom is -0.497 e. The second-order valence-electron chi connectivity index (χ2n) is 4.63. The number of phosphoric acid groups is 1. The predicted molar refractivity (Wildman–Crippen MR) is 87.6 cm³/mol. The lowest BCUT2D eigenvalue weighted by atomic mass is 10.1. The van der Waals surface area contributed by atoms with Crippen molar-refractivity contribution in [2.24, 2.45) is 0 Å². The monoisotopic (exact) mass is 336 g/mol. The molecule has 0 fully saturated rings. The van der Waals surface area contributed by atoms with E-state index in [-0.39, 0.29) is 5.75 Å². The summed E-state index contributed by atoms with van der Waals surface area (Å²) >= 11 is 0. The molecule has 0 amide bonds. The first-order chi connectivity index (χ1) is 10.9. The van der Waals surface area contributed by atoms with Gasteiger partial charge in [0.25, 0.3) is 0 Å². The summed E-state index contributed by atoms with van der Waals surface area (Å²) in [5, 5.41) is 0. The number of hydrogen-bond donors (Lipinski definition) is 2. The Morgan fingerprint density at radius 3 is 1.83 bits per heavy atom. The molecule has 2 aromatic carbocycles. The molecule has 2 rings (SSSR count). The molecule has 0 aromatic heterocycles. The highest BCUT2D eigenvalue weighted by molar-refractivity contribution is 7.46. The van der Waals surface area contributed by atoms with Crippen molar-refractivity contribution in [2.45, 2.75) is 0 Å². The van der Waals surface area contributed by atoms with E-state index >= 15 is 0 Å². The van der Waals surface area contributed by atoms with Crippen LogP contribution in [0.5, 0.6) is 17.2 Å². The van der Waals surface area contributed by atoms with Gasteiger partial charge in [-0.3, -0.25) is 9.79 Å². The normalized spacial score (nSPS) is 11.5. The number of methoxy groups -OCH3 is 2. The van der Waals surface area contributed by atoms with E-state index in [2.05, 4.69) is 4.52 Å². The summed E-state index contributed by atoms with van der Waals surface area (Å²) in [4.78, 5) is 17.5. The third-order valence-electron chi connectivity index (χ3n) is 2.95. The minimum absolute atomic E-state index is 0.110. The molecule has 122 valence electrons. The molecule has 0 aliphatic carbocycles. The van der Waals surface area contributed by atoms with Gasteiger partial charge in [0.1, 0.15) is 17.2 Å². The Balaban J connectivity index is 2.15. The fourth-order valence-electron chi connectivity index (χ4n) is 1.90. The van der Waals surface area contributed by atoms with Crippen LogP contribution in [0.15, 0.2) is 42.5 Å². The van der Waals surface area contributed by atoms with Gasteiger partial charge in [-0.25, -0.2) is 4.57 Å². The minimum atomic E-state index is -4.53. The zero-order chi connectivity index (χ0) is 16.9. The lowest BCUT2D eigenvalue weighted by Crippen LogP contribution is -1.89. The van der Waals surface area contributed by atoms with Crippen molar-refractivity contribution in [3.8, 4) is 17.2 Å². The summed E-state index contributed by atoms with van der Waals surface area (Å²) in [6, 6.07) is 11.9. The van der Waals surface area contributed by atoms with Crippen molar-refractivity contribution in [2.75, 3.05) is 14.2 Å². The molecular formula is C16H17O6P. The van der Waals surface area contributed by atoms with Gasteiger partial charge in [0, 0.05) is 6.07 Å². The smallest absolute Gasteiger partial charge is 0.497 e. The first-order valence-corrected chi connectivity index (χ1v) is 8.19. The molecule has 0 atom stereocenters. The van der Waals surface area contributed by atoms with Crippen LogP contribution in [0.2, 0.25) is 0 Å². The lowest BCUT2D eigenvalue weighted by Gasteiger charge is -2.07. The van der Waals surface area contributed by atoms with Crippen LogP contribution in [0.1, 0.15) is 11.1 Å². The Labute approximate surface area is 134 Å². The van der Waals surface area contributed by atoms with E-state index in [1.807, 2.05) is 24.3 Å². The fourth-order valence-corrected chi connectivity index (χ4v) is 2.29. The van der Waals surface area contributed by atoms with Crippen LogP contribution < -0.4 is 14.0 Å². The highest BCUT2D eigenvalue weighted by Crippen LogP contribution is 2.37. The number of hydrogen-bond acceptors (Lipinski definition) is 4. The standard InChI is InChI=1S/C16H17O6P/c1-20-15-9-13(10-16(11-15)21-2)4-3-12-5-7-14(8-6-12)22-23(17,18)19/h3-11H,1-2H3,(H2,17,18,19)/b4-3-. The summed E-state index contributed by atoms with van der Waals surface area (Å²) in [6.45, 7) is 0. The highest BCUT2D eigenvalue weighted by atomic mass is 31.2. The van der Waals surface area contributed by atoms with Crippen molar-refractivity contribution in [1.82, 2.24) is 0 Å². The van der Waals surface area contributed by atoms with Crippen molar-refractivity contribution in [1.29, 1.82) is 0 Å². The van der Waals surface area contributed by atoms with Gasteiger partial charge >= 0.3 is 7.82 Å². The van der Waals surface area contributed by atoms with E-state index in [4.69, 9.17) is 19.3 Å². The topological polar surface area (TPSA) is 85.2 Å². The Kier molecular flexibility index (Phi) is 5.45. The largest absolute Gasteiger partial charge is 0.524 e. The number of ether oxygens (including phenoxy) is 2. The molecule has 0 aliphatic rings. The summed E-state index contributed by atoms with van der Waals surface area (Å²) in [6.07, 6.45) is 3.74. The molecule has 2 N–H and O–H groups in total. The summed E-state index contributed by atoms with van der Waals surface area (Å²) in [7, 11) is -1.36. The predicted octanol–water partition coefficient (Wildman–Crippen LogP) is 3.35. The van der Waals surface area contributed by atoms with Gasteiger partial charge in [-0.2, -0.15) is 0 Å². The quantitative estimate of drug-likeness (QED) is 0.622. The van der Waals surface area contributed by atoms with Crippen LogP contribution in [-0.2, 0) is 4.57 Å². The van der Waals surface area contributed by atoms with Crippen LogP contribution >= 0.6 is 7.82 Å². The van der Waals surface area contributed by atoms with Gasteiger partial charge in [-0.05, 0) is 35.4 Å². The third kappa shape index (κ3) is 5.45. The van der Waals surface area contributed by atoms with Crippen LogP contribution in [0, 0.1) is 0 Å². The van der Waals surface area contributed by atoms with Gasteiger partial charge in [0.05, 0.1) is 14.2 Å². The Hall–Kier alpha value is -2.27. The van der Waals surface area contributed by atoms with E-state index in [1.165, 1.54) is 12.1 Å². The van der Waals surface area contributed by atoms with Crippen molar-refractivity contribution in [3.63, 3.8) is 0 Å². The van der Waals surface area contributed by atoms with E-state index in [0.29, 0.717) is 11.5 Å². The first-order valence-electron chi connectivity index (χ1n) is 6.66.